The van der Waals surface area contributed by atoms with Crippen LogP contribution >= 0.6 is 0 Å². The fourth-order valence-electron chi connectivity index (χ4n) is 2.79. The van der Waals surface area contributed by atoms with Crippen molar-refractivity contribution in [3.05, 3.63) is 18.0 Å². The summed E-state index contributed by atoms with van der Waals surface area (Å²) in [5.41, 5.74) is -2.88. The van der Waals surface area contributed by atoms with Crippen molar-refractivity contribution in [1.29, 1.82) is 0 Å². The van der Waals surface area contributed by atoms with Crippen LogP contribution in [0.5, 0.6) is 0 Å². The molecule has 0 saturated heterocycles. The van der Waals surface area contributed by atoms with E-state index in [9.17, 15) is 19.5 Å². The van der Waals surface area contributed by atoms with Gasteiger partial charge in [0.1, 0.15) is 11.1 Å². The highest BCUT2D eigenvalue weighted by Crippen LogP contribution is 2.35. The third-order valence-electron chi connectivity index (χ3n) is 4.33. The van der Waals surface area contributed by atoms with Gasteiger partial charge in [-0.2, -0.15) is 5.10 Å². The summed E-state index contributed by atoms with van der Waals surface area (Å²) in [6, 6.07) is 1.53. The average Bonchev–Trinajstić information content (AvgIpc) is 2.98. The predicted molar refractivity (Wildman–Crippen MR) is 102 cm³/mol. The number of aliphatic carboxylic acids is 1. The number of amides is 1. The van der Waals surface area contributed by atoms with Gasteiger partial charge in [-0.05, 0) is 45.1 Å². The number of nitrogens with one attached hydrogen (secondary N) is 1. The van der Waals surface area contributed by atoms with Gasteiger partial charge in [-0.3, -0.25) is 4.68 Å². The van der Waals surface area contributed by atoms with E-state index in [1.807, 2.05) is 0 Å². The highest BCUT2D eigenvalue weighted by molar-refractivity contribution is 5.87. The Bertz CT molecular complexity index is 714. The summed E-state index contributed by atoms with van der Waals surface area (Å²) in [7, 11) is 1.27. The highest BCUT2D eigenvalue weighted by atomic mass is 16.6. The lowest BCUT2D eigenvalue weighted by molar-refractivity contribution is -0.150. The van der Waals surface area contributed by atoms with E-state index in [0.717, 1.165) is 0 Å². The third kappa shape index (κ3) is 5.97. The minimum atomic E-state index is -1.53. The van der Waals surface area contributed by atoms with Gasteiger partial charge in [0.25, 0.3) is 0 Å². The van der Waals surface area contributed by atoms with E-state index >= 15 is 0 Å². The summed E-state index contributed by atoms with van der Waals surface area (Å²) in [6.45, 7) is 10.8. The molecule has 0 spiro atoms. The molecule has 0 aliphatic heterocycles. The maximum atomic E-state index is 12.3. The number of ether oxygens (including phenoxy) is 2. The minimum Gasteiger partial charge on any atom is -0.479 e. The fraction of sp³-hybridized carbons (Fsp3) is 0.684. The van der Waals surface area contributed by atoms with Crippen LogP contribution in [0.2, 0.25) is 0 Å². The second-order valence-corrected chi connectivity index (χ2v) is 8.65. The molecule has 28 heavy (non-hydrogen) atoms. The average molecular weight is 397 g/mol. The van der Waals surface area contributed by atoms with Crippen LogP contribution in [0.4, 0.5) is 4.79 Å². The molecule has 1 atom stereocenters. The first-order valence-electron chi connectivity index (χ1n) is 9.08. The standard InChI is InChI=1S/C19H31N3O6/c1-17(2,3)19(15(24)25,20-16(26)28-18(4,5)6)10-8-11-22-12-9-13(21-22)14(23)27-7/h9,12H,8,10-11H2,1-7H3,(H,20,26)(H,24,25)/t19-/m1/s1. The molecule has 1 heterocycles. The lowest BCUT2D eigenvalue weighted by Crippen LogP contribution is -2.63. The molecule has 0 unspecified atom stereocenters. The number of carbonyl (C=O) groups excluding carboxylic acids is 2. The molecular formula is C19H31N3O6. The first kappa shape index (κ1) is 23.5. The largest absolute Gasteiger partial charge is 0.479 e. The maximum absolute atomic E-state index is 12.3. The van der Waals surface area contributed by atoms with Gasteiger partial charge >= 0.3 is 18.0 Å². The molecule has 0 saturated carbocycles. The van der Waals surface area contributed by atoms with Crippen molar-refractivity contribution in [3.63, 3.8) is 0 Å². The molecule has 0 aromatic carbocycles. The van der Waals surface area contributed by atoms with Crippen LogP contribution in [-0.2, 0) is 20.8 Å². The van der Waals surface area contributed by atoms with Crippen LogP contribution in [0, 0.1) is 5.41 Å². The second kappa shape index (κ2) is 8.62. The van der Waals surface area contributed by atoms with Crippen LogP contribution in [0.25, 0.3) is 0 Å². The Labute approximate surface area is 165 Å². The smallest absolute Gasteiger partial charge is 0.408 e. The third-order valence-corrected chi connectivity index (χ3v) is 4.33. The van der Waals surface area contributed by atoms with E-state index in [2.05, 4.69) is 15.2 Å². The number of methoxy groups -OCH3 is 1. The number of hydrogen-bond acceptors (Lipinski definition) is 6. The number of esters is 1. The number of carboxylic acid groups (broad SMARTS) is 1. The van der Waals surface area contributed by atoms with E-state index in [1.54, 1.807) is 47.7 Å². The predicted octanol–water partition coefficient (Wildman–Crippen LogP) is 2.84. The molecule has 0 fully saturated rings. The van der Waals surface area contributed by atoms with E-state index in [4.69, 9.17) is 4.74 Å². The van der Waals surface area contributed by atoms with Crippen molar-refractivity contribution in [2.75, 3.05) is 7.11 Å². The lowest BCUT2D eigenvalue weighted by atomic mass is 9.71. The van der Waals surface area contributed by atoms with Crippen LogP contribution in [-0.4, -0.2) is 51.2 Å². The van der Waals surface area contributed by atoms with E-state index in [0.29, 0.717) is 13.0 Å². The first-order chi connectivity index (χ1) is 12.7. The monoisotopic (exact) mass is 397 g/mol. The van der Waals surface area contributed by atoms with Crippen molar-refractivity contribution < 1.29 is 29.0 Å². The lowest BCUT2D eigenvalue weighted by Gasteiger charge is -2.42. The van der Waals surface area contributed by atoms with E-state index in [-0.39, 0.29) is 12.1 Å². The number of rotatable bonds is 7. The topological polar surface area (TPSA) is 120 Å². The first-order valence-corrected chi connectivity index (χ1v) is 9.08. The van der Waals surface area contributed by atoms with Crippen LogP contribution in [0.3, 0.4) is 0 Å². The summed E-state index contributed by atoms with van der Waals surface area (Å²) in [6.07, 6.45) is 1.39. The number of hydrogen-bond donors (Lipinski definition) is 2. The number of aromatic nitrogens is 2. The van der Waals surface area contributed by atoms with Gasteiger partial charge in [-0.25, -0.2) is 14.4 Å². The number of carboxylic acids is 1. The molecule has 0 aliphatic rings. The minimum absolute atomic E-state index is 0.151. The molecule has 158 valence electrons. The Morgan fingerprint density at radius 2 is 1.79 bits per heavy atom. The molecule has 0 radical (unpaired) electrons. The second-order valence-electron chi connectivity index (χ2n) is 8.65. The summed E-state index contributed by atoms with van der Waals surface area (Å²) in [5, 5.41) is 16.6. The molecule has 9 nitrogen and oxygen atoms in total. The van der Waals surface area contributed by atoms with Gasteiger partial charge < -0.3 is 19.9 Å². The fourth-order valence-corrected chi connectivity index (χ4v) is 2.79. The van der Waals surface area contributed by atoms with E-state index in [1.165, 1.54) is 17.9 Å². The van der Waals surface area contributed by atoms with Crippen molar-refractivity contribution in [3.8, 4) is 0 Å². The number of aryl methyl sites for hydroxylation is 1. The Hall–Kier alpha value is -2.58. The molecule has 1 aromatic heterocycles. The summed E-state index contributed by atoms with van der Waals surface area (Å²) in [4.78, 5) is 36.0. The quantitative estimate of drug-likeness (QED) is 0.679. The van der Waals surface area contributed by atoms with Gasteiger partial charge in [-0.15, -0.1) is 0 Å². The Balaban J connectivity index is 2.94. The van der Waals surface area contributed by atoms with Crippen molar-refractivity contribution in [2.45, 2.75) is 72.1 Å². The Morgan fingerprint density at radius 1 is 1.18 bits per heavy atom. The molecule has 2 N–H and O–H groups in total. The van der Waals surface area contributed by atoms with Gasteiger partial charge in [-0.1, -0.05) is 20.8 Å². The molecular weight excluding hydrogens is 366 g/mol. The van der Waals surface area contributed by atoms with Crippen molar-refractivity contribution in [1.82, 2.24) is 15.1 Å². The molecule has 0 bridgehead atoms. The van der Waals surface area contributed by atoms with Crippen LogP contribution in [0.15, 0.2) is 12.3 Å². The normalized spacial score (nSPS) is 14.1. The number of alkyl carbamates (subject to hydrolysis) is 1. The molecule has 1 amide bonds. The van der Waals surface area contributed by atoms with Crippen LogP contribution < -0.4 is 5.32 Å². The zero-order chi connectivity index (χ0) is 21.8. The number of nitrogens with zero attached hydrogens (tertiary/aromatic N) is 2. The Morgan fingerprint density at radius 3 is 2.25 bits per heavy atom. The number of carbonyl (C=O) groups is 3. The van der Waals surface area contributed by atoms with Gasteiger partial charge in [0, 0.05) is 12.7 Å². The van der Waals surface area contributed by atoms with Crippen molar-refractivity contribution in [2.24, 2.45) is 5.41 Å². The molecule has 1 aromatic rings. The summed E-state index contributed by atoms with van der Waals surface area (Å²) < 4.78 is 11.4. The maximum Gasteiger partial charge on any atom is 0.408 e. The molecule has 1 rings (SSSR count). The Kier molecular flexibility index (Phi) is 7.22. The molecule has 9 heteroatoms. The van der Waals surface area contributed by atoms with Crippen LogP contribution in [0.1, 0.15) is 64.9 Å². The zero-order valence-corrected chi connectivity index (χ0v) is 17.7. The summed E-state index contributed by atoms with van der Waals surface area (Å²) in [5.74, 6) is -1.68. The zero-order valence-electron chi connectivity index (χ0n) is 17.7. The molecule has 0 aliphatic carbocycles. The van der Waals surface area contributed by atoms with Gasteiger partial charge in [0.05, 0.1) is 7.11 Å². The SMILES string of the molecule is COC(=O)c1ccn(CCC[C@@](NC(=O)OC(C)(C)C)(C(=O)O)C(C)(C)C)n1. The summed E-state index contributed by atoms with van der Waals surface area (Å²) >= 11 is 0. The van der Waals surface area contributed by atoms with Crippen molar-refractivity contribution >= 4 is 18.0 Å². The van der Waals surface area contributed by atoms with Gasteiger partial charge in [0.15, 0.2) is 5.69 Å². The highest BCUT2D eigenvalue weighted by Gasteiger charge is 2.50. The van der Waals surface area contributed by atoms with E-state index < -0.39 is 34.6 Å². The van der Waals surface area contributed by atoms with Gasteiger partial charge in [0.2, 0.25) is 0 Å².